The van der Waals surface area contributed by atoms with Crippen LogP contribution in [-0.4, -0.2) is 85.9 Å². The Kier molecular flexibility index (Phi) is 11.6. The molecule has 3 aromatic rings. The normalized spacial score (nSPS) is 12.3. The number of nitrogens with one attached hydrogen (secondary N) is 1. The first-order valence-electron chi connectivity index (χ1n) is 13.5. The number of hydrogen-bond acceptors (Lipinski definition) is 8. The number of hydroxylamine groups is 2. The maximum atomic E-state index is 12.0. The molecule has 2 N–H and O–H groups in total. The zero-order chi connectivity index (χ0) is 30.0. The van der Waals surface area contributed by atoms with Crippen LogP contribution >= 0.6 is 0 Å². The maximum Gasteiger partial charge on any atom is 0.405 e. The smallest absolute Gasteiger partial charge is 0.405 e. The van der Waals surface area contributed by atoms with Crippen molar-refractivity contribution in [2.45, 2.75) is 51.3 Å². The Balaban J connectivity index is 1.88. The summed E-state index contributed by atoms with van der Waals surface area (Å²) in [4.78, 5) is 38.1. The van der Waals surface area contributed by atoms with Gasteiger partial charge in [0.1, 0.15) is 18.6 Å². The molecule has 0 spiro atoms. The first-order chi connectivity index (χ1) is 19.5. The Morgan fingerprint density at radius 1 is 1.12 bits per heavy atom. The molecule has 0 aliphatic heterocycles. The summed E-state index contributed by atoms with van der Waals surface area (Å²) in [5.41, 5.74) is 2.02. The fourth-order valence-electron chi connectivity index (χ4n) is 4.04. The van der Waals surface area contributed by atoms with Gasteiger partial charge in [-0.05, 0) is 24.6 Å². The SMILES string of the molecule is COc1nc2ccccc2cc1-c1cn(COCC[Si](C)(C)C)c(C(COCCCC(=O)N(C)OC)NC(=O)O)n1. The lowest BCUT2D eigenvalue weighted by Crippen LogP contribution is -2.33. The van der Waals surface area contributed by atoms with E-state index in [0.29, 0.717) is 36.0 Å². The van der Waals surface area contributed by atoms with Gasteiger partial charge in [-0.2, -0.15) is 0 Å². The monoisotopic (exact) mass is 587 g/mol. The van der Waals surface area contributed by atoms with E-state index in [4.69, 9.17) is 24.0 Å². The molecule has 224 valence electrons. The van der Waals surface area contributed by atoms with E-state index in [2.05, 4.69) is 29.9 Å². The number of pyridine rings is 1. The zero-order valence-corrected chi connectivity index (χ0v) is 25.7. The molecular weight excluding hydrogens is 546 g/mol. The molecule has 2 heterocycles. The van der Waals surface area contributed by atoms with E-state index < -0.39 is 20.2 Å². The van der Waals surface area contributed by atoms with E-state index >= 15 is 0 Å². The van der Waals surface area contributed by atoms with Gasteiger partial charge in [0.05, 0.1) is 37.6 Å². The standard InChI is InChI=1S/C28H41N5O7Si/c1-32(38-3)25(34)12-9-13-39-18-24(31-28(35)36)26-29-23(17-33(26)19-40-14-15-41(4,5)6)21-16-20-10-7-8-11-22(20)30-27(21)37-2/h7-8,10-11,16-17,24,31H,9,12-15,18-19H2,1-6H3,(H,35,36). The molecule has 13 heteroatoms. The number of ether oxygens (including phenoxy) is 3. The topological polar surface area (TPSA) is 137 Å². The molecule has 41 heavy (non-hydrogen) atoms. The van der Waals surface area contributed by atoms with Crippen LogP contribution in [0.3, 0.4) is 0 Å². The van der Waals surface area contributed by atoms with Gasteiger partial charge in [0.15, 0.2) is 0 Å². The van der Waals surface area contributed by atoms with Crippen molar-refractivity contribution >= 4 is 31.0 Å². The maximum absolute atomic E-state index is 12.0. The number of methoxy groups -OCH3 is 1. The Morgan fingerprint density at radius 3 is 2.56 bits per heavy atom. The van der Waals surface area contributed by atoms with Crippen molar-refractivity contribution in [3.8, 4) is 17.1 Å². The third-order valence-corrected chi connectivity index (χ3v) is 8.09. The number of amides is 2. The summed E-state index contributed by atoms with van der Waals surface area (Å²) in [5.74, 6) is 0.662. The number of imidazole rings is 1. The van der Waals surface area contributed by atoms with Crippen molar-refractivity contribution < 1.29 is 33.7 Å². The molecule has 1 atom stereocenters. The summed E-state index contributed by atoms with van der Waals surface area (Å²) in [7, 11) is 3.21. The number of hydrogen-bond donors (Lipinski definition) is 2. The molecule has 1 unspecified atom stereocenters. The number of rotatable bonds is 16. The van der Waals surface area contributed by atoms with E-state index in [1.807, 2.05) is 36.5 Å². The fourth-order valence-corrected chi connectivity index (χ4v) is 4.79. The molecule has 12 nitrogen and oxygen atoms in total. The van der Waals surface area contributed by atoms with Gasteiger partial charge in [-0.25, -0.2) is 19.8 Å². The molecule has 2 amide bonds. The van der Waals surface area contributed by atoms with Crippen LogP contribution in [0, 0.1) is 0 Å². The second kappa shape index (κ2) is 14.9. The number of nitrogens with zero attached hydrogens (tertiary/aromatic N) is 4. The summed E-state index contributed by atoms with van der Waals surface area (Å²) < 4.78 is 19.2. The van der Waals surface area contributed by atoms with Crippen LogP contribution in [0.4, 0.5) is 4.79 Å². The fraction of sp³-hybridized carbons (Fsp3) is 0.500. The van der Waals surface area contributed by atoms with E-state index in [0.717, 1.165) is 22.0 Å². The largest absolute Gasteiger partial charge is 0.480 e. The number of carbonyl (C=O) groups is 2. The van der Waals surface area contributed by atoms with E-state index in [9.17, 15) is 14.7 Å². The third kappa shape index (κ3) is 9.52. The van der Waals surface area contributed by atoms with Gasteiger partial charge in [-0.3, -0.25) is 9.63 Å². The van der Waals surface area contributed by atoms with Crippen molar-refractivity contribution in [1.82, 2.24) is 24.9 Å². The van der Waals surface area contributed by atoms with Crippen molar-refractivity contribution in [2.24, 2.45) is 0 Å². The van der Waals surface area contributed by atoms with Gasteiger partial charge in [0, 0.05) is 46.3 Å². The lowest BCUT2D eigenvalue weighted by molar-refractivity contribution is -0.168. The number of carboxylic acid groups (broad SMARTS) is 1. The van der Waals surface area contributed by atoms with Crippen molar-refractivity contribution in [3.63, 3.8) is 0 Å². The molecule has 0 bridgehead atoms. The first kappa shape index (κ1) is 32.0. The van der Waals surface area contributed by atoms with Crippen molar-refractivity contribution in [3.05, 3.63) is 42.4 Å². The van der Waals surface area contributed by atoms with Gasteiger partial charge in [-0.15, -0.1) is 0 Å². The average molecular weight is 588 g/mol. The number of benzene rings is 1. The molecular formula is C28H41N5O7Si. The molecule has 0 fully saturated rings. The van der Waals surface area contributed by atoms with Crippen LogP contribution in [0.25, 0.3) is 22.2 Å². The molecule has 0 saturated heterocycles. The van der Waals surface area contributed by atoms with Gasteiger partial charge >= 0.3 is 6.09 Å². The predicted molar refractivity (Wildman–Crippen MR) is 157 cm³/mol. The van der Waals surface area contributed by atoms with Crippen LogP contribution in [-0.2, 0) is 25.8 Å². The van der Waals surface area contributed by atoms with Crippen LogP contribution < -0.4 is 10.1 Å². The van der Waals surface area contributed by atoms with Gasteiger partial charge in [-0.1, -0.05) is 37.8 Å². The van der Waals surface area contributed by atoms with Crippen LogP contribution in [0.5, 0.6) is 5.88 Å². The van der Waals surface area contributed by atoms with Crippen molar-refractivity contribution in [1.29, 1.82) is 0 Å². The minimum atomic E-state index is -1.30. The zero-order valence-electron chi connectivity index (χ0n) is 24.7. The molecule has 3 rings (SSSR count). The first-order valence-corrected chi connectivity index (χ1v) is 17.2. The number of fused-ring (bicyclic) bond motifs is 1. The summed E-state index contributed by atoms with van der Waals surface area (Å²) in [6, 6.07) is 9.86. The highest BCUT2D eigenvalue weighted by Gasteiger charge is 2.24. The minimum Gasteiger partial charge on any atom is -0.480 e. The predicted octanol–water partition coefficient (Wildman–Crippen LogP) is 4.54. The average Bonchev–Trinajstić information content (AvgIpc) is 3.36. The number of para-hydroxylation sites is 1. The van der Waals surface area contributed by atoms with Crippen molar-refractivity contribution in [2.75, 3.05) is 41.1 Å². The molecule has 0 radical (unpaired) electrons. The number of aromatic nitrogens is 3. The van der Waals surface area contributed by atoms with Gasteiger partial charge < -0.3 is 29.2 Å². The Bertz CT molecular complexity index is 1310. The Hall–Kier alpha value is -3.52. The Labute approximate surface area is 241 Å². The van der Waals surface area contributed by atoms with Crippen LogP contribution in [0.1, 0.15) is 24.7 Å². The molecule has 0 saturated carbocycles. The quantitative estimate of drug-likeness (QED) is 0.140. The molecule has 0 aliphatic rings. The highest BCUT2D eigenvalue weighted by atomic mass is 28.3. The third-order valence-electron chi connectivity index (χ3n) is 6.39. The van der Waals surface area contributed by atoms with E-state index in [1.165, 1.54) is 7.11 Å². The highest BCUT2D eigenvalue weighted by Crippen LogP contribution is 2.32. The van der Waals surface area contributed by atoms with Gasteiger partial charge in [0.2, 0.25) is 11.8 Å². The number of carbonyl (C=O) groups excluding carboxylic acids is 1. The van der Waals surface area contributed by atoms with E-state index in [-0.39, 0.29) is 32.3 Å². The summed E-state index contributed by atoms with van der Waals surface area (Å²) >= 11 is 0. The van der Waals surface area contributed by atoms with Crippen LogP contribution in [0.15, 0.2) is 36.5 Å². The Morgan fingerprint density at radius 2 is 1.88 bits per heavy atom. The second-order valence-electron chi connectivity index (χ2n) is 10.8. The molecule has 2 aromatic heterocycles. The highest BCUT2D eigenvalue weighted by molar-refractivity contribution is 6.76. The molecule has 1 aromatic carbocycles. The lowest BCUT2D eigenvalue weighted by atomic mass is 10.1. The minimum absolute atomic E-state index is 0.0130. The van der Waals surface area contributed by atoms with E-state index in [1.54, 1.807) is 18.7 Å². The summed E-state index contributed by atoms with van der Waals surface area (Å²) in [6.45, 7) is 7.87. The lowest BCUT2D eigenvalue weighted by Gasteiger charge is -2.19. The molecule has 0 aliphatic carbocycles. The van der Waals surface area contributed by atoms with Crippen LogP contribution in [0.2, 0.25) is 25.7 Å². The summed E-state index contributed by atoms with van der Waals surface area (Å²) in [6.07, 6.45) is 1.29. The van der Waals surface area contributed by atoms with Gasteiger partial charge in [0.25, 0.3) is 0 Å². The summed E-state index contributed by atoms with van der Waals surface area (Å²) in [5, 5.41) is 14.2. The second-order valence-corrected chi connectivity index (χ2v) is 16.4.